The fraction of sp³-hybridized carbons (Fsp3) is 0.625. The van der Waals surface area contributed by atoms with Crippen molar-refractivity contribution < 1.29 is 29.3 Å². The maximum atomic E-state index is 13.3. The Kier molecular flexibility index (Phi) is 13.5. The molecule has 1 aromatic carbocycles. The number of aliphatic hydroxyl groups is 2. The van der Waals surface area contributed by atoms with Crippen LogP contribution in [0.25, 0.3) is 0 Å². The van der Waals surface area contributed by atoms with E-state index in [1.807, 2.05) is 13.8 Å². The number of aliphatic hydroxyl groups excluding tert-OH is 2. The number of benzene rings is 1. The Hall–Kier alpha value is -3.32. The lowest BCUT2D eigenvalue weighted by atomic mass is 9.76. The van der Waals surface area contributed by atoms with Crippen LogP contribution in [-0.2, 0) is 20.9 Å². The van der Waals surface area contributed by atoms with Crippen LogP contribution in [0, 0.1) is 16.5 Å². The van der Waals surface area contributed by atoms with Gasteiger partial charge in [-0.25, -0.2) is 4.79 Å². The number of hydrogen-bond donors (Lipinski definition) is 5. The van der Waals surface area contributed by atoms with Crippen molar-refractivity contribution in [2.45, 2.75) is 112 Å². The molecule has 0 heterocycles. The van der Waals surface area contributed by atoms with Crippen LogP contribution in [0.2, 0.25) is 0 Å². The fourth-order valence-corrected chi connectivity index (χ4v) is 4.82. The van der Waals surface area contributed by atoms with E-state index in [9.17, 15) is 29.8 Å². The highest BCUT2D eigenvalue weighted by Gasteiger charge is 2.34. The van der Waals surface area contributed by atoms with Crippen molar-refractivity contribution in [3.63, 3.8) is 0 Å². The van der Waals surface area contributed by atoms with Crippen molar-refractivity contribution in [3.05, 3.63) is 46.4 Å². The number of ketones is 1. The third kappa shape index (κ3) is 12.0. The molecule has 0 fully saturated rings. The molecule has 12 heteroatoms. The number of aliphatic imine (C=N–C) groups is 1. The zero-order valence-electron chi connectivity index (χ0n) is 27.3. The minimum atomic E-state index is -1.02. The van der Waals surface area contributed by atoms with E-state index in [-0.39, 0.29) is 41.5 Å². The summed E-state index contributed by atoms with van der Waals surface area (Å²) in [7, 11) is 0. The zero-order chi connectivity index (χ0) is 33.2. The number of ether oxygens (including phenoxy) is 1. The molecule has 2 atom stereocenters. The number of Topliss-reactive ketones (excluding diaryl/α,β-unsaturated/α-hetero) is 1. The van der Waals surface area contributed by atoms with E-state index < -0.39 is 29.8 Å². The summed E-state index contributed by atoms with van der Waals surface area (Å²) in [4.78, 5) is 42.8. The van der Waals surface area contributed by atoms with Crippen LogP contribution in [-0.4, -0.2) is 63.2 Å². The number of unbranched alkanes of at least 4 members (excludes halogenated alkanes) is 1. The highest BCUT2D eigenvalue weighted by molar-refractivity contribution is 6.22. The molecule has 0 bridgehead atoms. The predicted octanol–water partition coefficient (Wildman–Crippen LogP) is 5.13. The number of allylic oxidation sites excluding steroid dienone is 2. The normalized spacial score (nSPS) is 17.1. The van der Waals surface area contributed by atoms with Crippen molar-refractivity contribution in [2.24, 2.45) is 16.3 Å². The van der Waals surface area contributed by atoms with Crippen LogP contribution in [0.1, 0.15) is 93.1 Å². The summed E-state index contributed by atoms with van der Waals surface area (Å²) in [5.41, 5.74) is 3.63. The van der Waals surface area contributed by atoms with Gasteiger partial charge in [-0.05, 0) is 76.0 Å². The second kappa shape index (κ2) is 16.1. The molecule has 246 valence electrons. The first kappa shape index (κ1) is 36.9. The Bertz CT molecular complexity index is 1200. The Morgan fingerprint density at radius 3 is 2.32 bits per heavy atom. The summed E-state index contributed by atoms with van der Waals surface area (Å²) in [5.74, 6) is -0.829. The summed E-state index contributed by atoms with van der Waals surface area (Å²) in [6.07, 6.45) is 0.329. The molecule has 0 saturated carbocycles. The van der Waals surface area contributed by atoms with E-state index in [1.54, 1.807) is 65.8 Å². The molecule has 1 aliphatic carbocycles. The number of nitrogens with zero attached hydrogens (tertiary/aromatic N) is 2. The Labute approximate surface area is 260 Å². The van der Waals surface area contributed by atoms with Crippen LogP contribution < -0.4 is 16.1 Å². The predicted molar refractivity (Wildman–Crippen MR) is 171 cm³/mol. The molecule has 2 rings (SSSR count). The molecule has 2 amide bonds. The fourth-order valence-electron chi connectivity index (χ4n) is 4.82. The highest BCUT2D eigenvalue weighted by Crippen LogP contribution is 2.36. The second-order valence-corrected chi connectivity index (χ2v) is 13.4. The van der Waals surface area contributed by atoms with E-state index in [2.05, 4.69) is 21.1 Å². The maximum Gasteiger partial charge on any atom is 0.408 e. The van der Waals surface area contributed by atoms with Crippen molar-refractivity contribution in [3.8, 4) is 0 Å². The smallest absolute Gasteiger partial charge is 0.408 e. The molecule has 0 radical (unpaired) electrons. The van der Waals surface area contributed by atoms with Crippen LogP contribution in [0.4, 0.5) is 10.5 Å². The first-order chi connectivity index (χ1) is 20.4. The summed E-state index contributed by atoms with van der Waals surface area (Å²) in [6, 6.07) is 5.73. The van der Waals surface area contributed by atoms with Gasteiger partial charge in [0.2, 0.25) is 5.91 Å². The van der Waals surface area contributed by atoms with Gasteiger partial charge in [-0.2, -0.15) is 0 Å². The van der Waals surface area contributed by atoms with Crippen molar-refractivity contribution in [2.75, 3.05) is 11.9 Å². The topological polar surface area (TPSA) is 176 Å². The standard InChI is InChI=1S/C32H50N5O7/c1-20(2)28(35-30(42)44-31(4,5)6)37(43)36-24(29(41)34-23-14-12-22(19-38)13-15-23)11-9-10-16-33-21(3)27-25(39)17-32(7,8)18-26(27)40/h12-15,20,24,28,36,38-39H,9-11,16-19H2,1-8H3,(H,34,41)(H,35,42)/q-1/t24-,28+/m0/s1. The number of rotatable bonds is 14. The quantitative estimate of drug-likeness (QED) is 0.0821. The minimum absolute atomic E-state index is 0.0655. The van der Waals surface area contributed by atoms with Crippen LogP contribution in [0.3, 0.4) is 0 Å². The van der Waals surface area contributed by atoms with Gasteiger partial charge in [0.1, 0.15) is 11.4 Å². The van der Waals surface area contributed by atoms with Gasteiger partial charge in [0.15, 0.2) is 5.78 Å². The number of nitrogens with one attached hydrogen (secondary N) is 3. The van der Waals surface area contributed by atoms with Gasteiger partial charge in [-0.15, -0.1) is 0 Å². The van der Waals surface area contributed by atoms with Gasteiger partial charge < -0.3 is 30.8 Å². The largest absolute Gasteiger partial charge is 0.770 e. The maximum absolute atomic E-state index is 13.3. The lowest BCUT2D eigenvalue weighted by Crippen LogP contribution is -2.58. The molecule has 0 aliphatic heterocycles. The molecule has 0 spiro atoms. The van der Waals surface area contributed by atoms with Gasteiger partial charge in [0.25, 0.3) is 0 Å². The number of carbonyl (C=O) groups is 3. The molecule has 0 aromatic heterocycles. The summed E-state index contributed by atoms with van der Waals surface area (Å²) < 4.78 is 5.30. The first-order valence-electron chi connectivity index (χ1n) is 15.1. The number of amides is 2. The lowest BCUT2D eigenvalue weighted by molar-refractivity contribution is -0.120. The number of hydroxylamine groups is 1. The van der Waals surface area contributed by atoms with E-state index in [4.69, 9.17) is 4.74 Å². The number of anilines is 1. The van der Waals surface area contributed by atoms with Crippen LogP contribution in [0.5, 0.6) is 0 Å². The van der Waals surface area contributed by atoms with E-state index in [0.29, 0.717) is 54.4 Å². The number of hydrogen-bond acceptors (Lipinski definition) is 10. The van der Waals surface area contributed by atoms with E-state index in [1.165, 1.54) is 0 Å². The third-order valence-electron chi connectivity index (χ3n) is 7.02. The summed E-state index contributed by atoms with van der Waals surface area (Å²) in [5, 5.41) is 38.8. The van der Waals surface area contributed by atoms with Gasteiger partial charge in [-0.3, -0.25) is 25.2 Å². The summed E-state index contributed by atoms with van der Waals surface area (Å²) >= 11 is 0. The van der Waals surface area contributed by atoms with Gasteiger partial charge in [-0.1, -0.05) is 39.8 Å². The molecule has 0 unspecified atom stereocenters. The van der Waals surface area contributed by atoms with Crippen LogP contribution >= 0.6 is 0 Å². The second-order valence-electron chi connectivity index (χ2n) is 13.4. The number of hydrazine groups is 1. The molecule has 5 N–H and O–H groups in total. The average Bonchev–Trinajstić information content (AvgIpc) is 2.88. The molecule has 0 saturated heterocycles. The summed E-state index contributed by atoms with van der Waals surface area (Å²) in [6.45, 7) is 14.5. The van der Waals surface area contributed by atoms with Crippen LogP contribution in [0.15, 0.2) is 40.6 Å². The van der Waals surface area contributed by atoms with Gasteiger partial charge in [0, 0.05) is 30.8 Å². The number of alkyl carbamates (subject to hydrolysis) is 1. The monoisotopic (exact) mass is 616 g/mol. The molecular formula is C32H50N5O7-. The zero-order valence-corrected chi connectivity index (χ0v) is 27.3. The Morgan fingerprint density at radius 2 is 1.77 bits per heavy atom. The van der Waals surface area contributed by atoms with Crippen molar-refractivity contribution >= 4 is 29.2 Å². The molecule has 1 aliphatic rings. The van der Waals surface area contributed by atoms with E-state index in [0.717, 1.165) is 0 Å². The molecule has 1 aromatic rings. The first-order valence-corrected chi connectivity index (χ1v) is 15.1. The van der Waals surface area contributed by atoms with Gasteiger partial charge >= 0.3 is 6.09 Å². The molecule has 12 nitrogen and oxygen atoms in total. The number of carbonyl (C=O) groups excluding carboxylic acids is 3. The molecule has 44 heavy (non-hydrogen) atoms. The SMILES string of the molecule is CC(=NCCCC[C@H](NN([O-])[C@@H](NC(=O)OC(C)(C)C)C(C)C)C(=O)Nc1ccc(CO)cc1)C1=C(O)CC(C)(C)CC1=O. The third-order valence-corrected chi connectivity index (χ3v) is 7.02. The van der Waals surface area contributed by atoms with E-state index >= 15 is 0 Å². The Balaban J connectivity index is 2.11. The van der Waals surface area contributed by atoms with Crippen molar-refractivity contribution in [1.29, 1.82) is 0 Å². The minimum Gasteiger partial charge on any atom is -0.770 e. The molecular weight excluding hydrogens is 566 g/mol. The lowest BCUT2D eigenvalue weighted by Gasteiger charge is -2.42. The average molecular weight is 617 g/mol. The van der Waals surface area contributed by atoms with Gasteiger partial charge in [0.05, 0.1) is 24.4 Å². The Morgan fingerprint density at radius 1 is 1.14 bits per heavy atom. The highest BCUT2D eigenvalue weighted by atomic mass is 16.6. The van der Waals surface area contributed by atoms with Crippen molar-refractivity contribution in [1.82, 2.24) is 15.9 Å².